The molecule has 2 aliphatic heterocycles. The van der Waals surface area contributed by atoms with E-state index in [2.05, 4.69) is 52.5 Å². The van der Waals surface area contributed by atoms with Crippen LogP contribution in [0.25, 0.3) is 0 Å². The number of nitrogens with zero attached hydrogens (tertiary/aromatic N) is 2. The van der Waals surface area contributed by atoms with Crippen molar-refractivity contribution in [2.75, 3.05) is 39.8 Å². The minimum absolute atomic E-state index is 0.103. The van der Waals surface area contributed by atoms with Crippen molar-refractivity contribution in [3.63, 3.8) is 0 Å². The van der Waals surface area contributed by atoms with Gasteiger partial charge >= 0.3 is 0 Å². The number of nitrogens with one attached hydrogen (secondary N) is 1. The largest absolute Gasteiger partial charge is 0.390 e. The maximum atomic E-state index is 12.6. The summed E-state index contributed by atoms with van der Waals surface area (Å²) in [6, 6.07) is 16.5. The molecule has 2 heterocycles. The van der Waals surface area contributed by atoms with E-state index in [1.54, 1.807) is 0 Å². The Balaban J connectivity index is 1.24. The molecule has 5 nitrogen and oxygen atoms in total. The molecule has 31 heavy (non-hydrogen) atoms. The van der Waals surface area contributed by atoms with E-state index in [0.29, 0.717) is 18.0 Å². The predicted octanol–water partition coefficient (Wildman–Crippen LogP) is 2.72. The Hall–Kier alpha value is -2.21. The Labute approximate surface area is 186 Å². The Bertz CT molecular complexity index is 876. The lowest BCUT2D eigenvalue weighted by Gasteiger charge is -2.30. The molecule has 1 amide bonds. The summed E-state index contributed by atoms with van der Waals surface area (Å²) in [4.78, 5) is 17.3. The first-order valence-corrected chi connectivity index (χ1v) is 11.6. The normalized spacial score (nSPS) is 19.0. The topological polar surface area (TPSA) is 55.8 Å². The van der Waals surface area contributed by atoms with Crippen LogP contribution in [0, 0.1) is 5.92 Å². The van der Waals surface area contributed by atoms with Gasteiger partial charge in [0.25, 0.3) is 5.91 Å². The molecule has 4 rings (SSSR count). The molecule has 2 aromatic carbocycles. The number of carbonyl (C=O) groups excluding carboxylic acids is 1. The Morgan fingerprint density at radius 2 is 1.87 bits per heavy atom. The van der Waals surface area contributed by atoms with Crippen molar-refractivity contribution in [3.05, 3.63) is 70.8 Å². The number of rotatable bonds is 7. The van der Waals surface area contributed by atoms with Crippen molar-refractivity contribution < 1.29 is 9.90 Å². The van der Waals surface area contributed by atoms with E-state index in [9.17, 15) is 9.90 Å². The minimum atomic E-state index is -0.573. The van der Waals surface area contributed by atoms with Gasteiger partial charge in [0.1, 0.15) is 0 Å². The molecule has 1 atom stereocenters. The van der Waals surface area contributed by atoms with Gasteiger partial charge in [0.05, 0.1) is 6.10 Å². The molecule has 0 aliphatic carbocycles. The number of benzene rings is 2. The van der Waals surface area contributed by atoms with E-state index < -0.39 is 6.10 Å². The zero-order chi connectivity index (χ0) is 21.6. The summed E-state index contributed by atoms with van der Waals surface area (Å²) in [5, 5.41) is 13.4. The molecule has 0 radical (unpaired) electrons. The summed E-state index contributed by atoms with van der Waals surface area (Å²) in [7, 11) is 2.18. The molecule has 1 fully saturated rings. The minimum Gasteiger partial charge on any atom is -0.390 e. The van der Waals surface area contributed by atoms with Gasteiger partial charge in [-0.3, -0.25) is 9.69 Å². The van der Waals surface area contributed by atoms with Crippen LogP contribution in [0.1, 0.15) is 39.9 Å². The number of hydrogen-bond donors (Lipinski definition) is 2. The number of β-amino-alcohol motifs (C(OH)–C–C–N with tert-alkyl or cyclic N) is 1. The molecular formula is C26H35N3O2. The van der Waals surface area contributed by atoms with Gasteiger partial charge < -0.3 is 15.3 Å². The summed E-state index contributed by atoms with van der Waals surface area (Å²) in [6.07, 6.45) is 3.92. The van der Waals surface area contributed by atoms with E-state index in [1.807, 2.05) is 18.2 Å². The van der Waals surface area contributed by atoms with Crippen LogP contribution in [0.4, 0.5) is 0 Å². The van der Waals surface area contributed by atoms with E-state index in [4.69, 9.17) is 0 Å². The van der Waals surface area contributed by atoms with Crippen LogP contribution in [0.15, 0.2) is 48.5 Å². The van der Waals surface area contributed by atoms with Gasteiger partial charge in [0.15, 0.2) is 0 Å². The lowest BCUT2D eigenvalue weighted by Crippen LogP contribution is -2.42. The van der Waals surface area contributed by atoms with Gasteiger partial charge in [0, 0.05) is 31.7 Å². The van der Waals surface area contributed by atoms with Crippen LogP contribution in [0.5, 0.6) is 0 Å². The predicted molar refractivity (Wildman–Crippen MR) is 124 cm³/mol. The van der Waals surface area contributed by atoms with Crippen LogP contribution >= 0.6 is 0 Å². The number of aliphatic hydroxyl groups excluding tert-OH is 1. The first-order chi connectivity index (χ1) is 15.1. The maximum Gasteiger partial charge on any atom is 0.251 e. The summed E-state index contributed by atoms with van der Waals surface area (Å²) in [5.74, 6) is 0.597. The van der Waals surface area contributed by atoms with Gasteiger partial charge in [0.2, 0.25) is 0 Å². The molecule has 2 aliphatic rings. The van der Waals surface area contributed by atoms with Crippen LogP contribution in [0.3, 0.4) is 0 Å². The molecule has 1 saturated heterocycles. The SMILES string of the molecule is CN1CCC(Cc2cccc(C(=O)NC[C@H](O)CN3CCc4ccccc4C3)c2)CC1. The second-order valence-corrected chi connectivity index (χ2v) is 9.27. The Morgan fingerprint density at radius 1 is 1.10 bits per heavy atom. The third-order valence-corrected chi connectivity index (χ3v) is 6.73. The van der Waals surface area contributed by atoms with Gasteiger partial charge in [-0.1, -0.05) is 36.4 Å². The number of fused-ring (bicyclic) bond motifs is 1. The molecule has 5 heteroatoms. The van der Waals surface area contributed by atoms with Gasteiger partial charge in [-0.05, 0) is 80.6 Å². The second-order valence-electron chi connectivity index (χ2n) is 9.27. The number of piperidine rings is 1. The smallest absolute Gasteiger partial charge is 0.251 e. The highest BCUT2D eigenvalue weighted by atomic mass is 16.3. The summed E-state index contributed by atoms with van der Waals surface area (Å²) < 4.78 is 0. The average molecular weight is 422 g/mol. The molecule has 0 spiro atoms. The van der Waals surface area contributed by atoms with Crippen LogP contribution in [0.2, 0.25) is 0 Å². The molecule has 0 unspecified atom stereocenters. The van der Waals surface area contributed by atoms with Crippen molar-refractivity contribution in [2.24, 2.45) is 5.92 Å². The third kappa shape index (κ3) is 6.16. The monoisotopic (exact) mass is 421 g/mol. The zero-order valence-electron chi connectivity index (χ0n) is 18.6. The Kier molecular flexibility index (Phi) is 7.38. The van der Waals surface area contributed by atoms with Crippen molar-refractivity contribution in [3.8, 4) is 0 Å². The van der Waals surface area contributed by atoms with Crippen molar-refractivity contribution in [1.29, 1.82) is 0 Å². The van der Waals surface area contributed by atoms with Crippen LogP contribution in [-0.4, -0.2) is 66.7 Å². The highest BCUT2D eigenvalue weighted by molar-refractivity contribution is 5.94. The number of hydrogen-bond acceptors (Lipinski definition) is 4. The van der Waals surface area contributed by atoms with E-state index in [1.165, 1.54) is 29.5 Å². The highest BCUT2D eigenvalue weighted by Crippen LogP contribution is 2.21. The maximum absolute atomic E-state index is 12.6. The lowest BCUT2D eigenvalue weighted by atomic mass is 9.90. The molecule has 166 valence electrons. The molecule has 0 saturated carbocycles. The zero-order valence-corrected chi connectivity index (χ0v) is 18.6. The number of amides is 1. The van der Waals surface area contributed by atoms with Crippen molar-refractivity contribution in [2.45, 2.75) is 38.3 Å². The third-order valence-electron chi connectivity index (χ3n) is 6.73. The summed E-state index contributed by atoms with van der Waals surface area (Å²) in [5.41, 5.74) is 4.66. The van der Waals surface area contributed by atoms with Gasteiger partial charge in [-0.25, -0.2) is 0 Å². The van der Waals surface area contributed by atoms with Gasteiger partial charge in [-0.2, -0.15) is 0 Å². The fourth-order valence-corrected chi connectivity index (χ4v) is 4.82. The Morgan fingerprint density at radius 3 is 2.68 bits per heavy atom. The van der Waals surface area contributed by atoms with Crippen LogP contribution < -0.4 is 5.32 Å². The number of aliphatic hydroxyl groups is 1. The number of likely N-dealkylation sites (tertiary alicyclic amines) is 1. The van der Waals surface area contributed by atoms with E-state index in [-0.39, 0.29) is 12.5 Å². The standard InChI is InChI=1S/C26H35N3O2/c1-28-12-9-20(10-13-28)15-21-5-4-8-23(16-21)26(31)27-17-25(30)19-29-14-11-22-6-2-3-7-24(22)18-29/h2-8,16,20,25,30H,9-15,17-19H2,1H3,(H,27,31)/t25-/m0/s1. The molecule has 2 N–H and O–H groups in total. The molecule has 0 bridgehead atoms. The highest BCUT2D eigenvalue weighted by Gasteiger charge is 2.20. The van der Waals surface area contributed by atoms with Crippen molar-refractivity contribution >= 4 is 5.91 Å². The van der Waals surface area contributed by atoms with Crippen molar-refractivity contribution in [1.82, 2.24) is 15.1 Å². The lowest BCUT2D eigenvalue weighted by molar-refractivity contribution is 0.0841. The quantitative estimate of drug-likeness (QED) is 0.722. The van der Waals surface area contributed by atoms with E-state index >= 15 is 0 Å². The molecule has 0 aromatic heterocycles. The fraction of sp³-hybridized carbons (Fsp3) is 0.500. The number of carbonyl (C=O) groups is 1. The van der Waals surface area contributed by atoms with Crippen LogP contribution in [-0.2, 0) is 19.4 Å². The second kappa shape index (κ2) is 10.4. The summed E-state index contributed by atoms with van der Waals surface area (Å²) >= 11 is 0. The summed E-state index contributed by atoms with van der Waals surface area (Å²) in [6.45, 7) is 4.97. The fourth-order valence-electron chi connectivity index (χ4n) is 4.82. The first-order valence-electron chi connectivity index (χ1n) is 11.6. The van der Waals surface area contributed by atoms with Gasteiger partial charge in [-0.15, -0.1) is 0 Å². The van der Waals surface area contributed by atoms with E-state index in [0.717, 1.165) is 39.0 Å². The molecule has 2 aromatic rings. The average Bonchev–Trinajstić information content (AvgIpc) is 2.79. The first kappa shape index (κ1) is 22.0. The molecular weight excluding hydrogens is 386 g/mol.